The summed E-state index contributed by atoms with van der Waals surface area (Å²) in [6, 6.07) is 4.94. The summed E-state index contributed by atoms with van der Waals surface area (Å²) in [7, 11) is -2.62. The lowest BCUT2D eigenvalue weighted by atomic mass is 9.94. The zero-order valence-corrected chi connectivity index (χ0v) is 36.6. The average molecular weight is 829 g/mol. The summed E-state index contributed by atoms with van der Waals surface area (Å²) in [6.07, 6.45) is 1.21. The van der Waals surface area contributed by atoms with Gasteiger partial charge in [0.15, 0.2) is 0 Å². The van der Waals surface area contributed by atoms with Crippen LogP contribution in [0.15, 0.2) is 40.2 Å². The SMILES string of the molecule is CNC(=O)[C@H](Cc1ccccc1)NC(=O)[C@H](COC(C)(C)C)NC(=O)[C@@H](NC(=O)[C@@H](N)CCCN=C(N)NS(=O)(=O)c1c(C)c(C)c2c(c1C)CC(C)(C)O2)C(C)C. The number of hydrogen-bond donors (Lipinski definition) is 7. The number of rotatable bonds is 18. The van der Waals surface area contributed by atoms with Crippen molar-refractivity contribution in [2.45, 2.75) is 135 Å². The van der Waals surface area contributed by atoms with Crippen molar-refractivity contribution in [2.75, 3.05) is 20.2 Å². The Morgan fingerprint density at radius 2 is 1.53 bits per heavy atom. The molecule has 0 radical (unpaired) electrons. The number of carbonyl (C=O) groups is 4. The predicted octanol–water partition coefficient (Wildman–Crippen LogP) is 1.94. The Bertz CT molecular complexity index is 1940. The van der Waals surface area contributed by atoms with Crippen molar-refractivity contribution in [1.29, 1.82) is 0 Å². The number of nitrogens with one attached hydrogen (secondary N) is 5. The van der Waals surface area contributed by atoms with Crippen molar-refractivity contribution in [1.82, 2.24) is 26.0 Å². The van der Waals surface area contributed by atoms with Crippen LogP contribution in [0.5, 0.6) is 5.75 Å². The second kappa shape index (κ2) is 19.8. The largest absolute Gasteiger partial charge is 0.487 e. The van der Waals surface area contributed by atoms with E-state index in [4.69, 9.17) is 20.9 Å². The number of aliphatic imine (C=N–C) groups is 1. The van der Waals surface area contributed by atoms with Crippen LogP contribution in [0, 0.1) is 26.7 Å². The molecule has 0 aromatic heterocycles. The van der Waals surface area contributed by atoms with Crippen LogP contribution in [0.2, 0.25) is 0 Å². The number of guanidine groups is 1. The van der Waals surface area contributed by atoms with E-state index >= 15 is 0 Å². The molecular weight excluding hydrogens is 765 g/mol. The normalized spacial score (nSPS) is 16.0. The molecule has 4 atom stereocenters. The number of benzene rings is 2. The lowest BCUT2D eigenvalue weighted by Crippen LogP contribution is -2.60. The van der Waals surface area contributed by atoms with E-state index in [1.165, 1.54) is 7.05 Å². The summed E-state index contributed by atoms with van der Waals surface area (Å²) in [5.74, 6) is -2.29. The molecule has 0 saturated heterocycles. The summed E-state index contributed by atoms with van der Waals surface area (Å²) >= 11 is 0. The van der Waals surface area contributed by atoms with Gasteiger partial charge in [-0.1, -0.05) is 44.2 Å². The zero-order valence-electron chi connectivity index (χ0n) is 35.8. The number of likely N-dealkylation sites (N-methyl/N-ethyl adjacent to an activating group) is 1. The molecule has 4 amide bonds. The van der Waals surface area contributed by atoms with Gasteiger partial charge in [-0.2, -0.15) is 0 Å². The maximum atomic E-state index is 13.7. The molecule has 1 aliphatic rings. The molecule has 0 spiro atoms. The van der Waals surface area contributed by atoms with E-state index in [0.717, 1.165) is 16.7 Å². The first-order valence-electron chi connectivity index (χ1n) is 19.6. The third-order valence-electron chi connectivity index (χ3n) is 9.82. The molecular formula is C41H64N8O8S. The minimum Gasteiger partial charge on any atom is -0.487 e. The van der Waals surface area contributed by atoms with Gasteiger partial charge in [-0.15, -0.1) is 0 Å². The second-order valence-electron chi connectivity index (χ2n) is 16.8. The highest BCUT2D eigenvalue weighted by atomic mass is 32.2. The van der Waals surface area contributed by atoms with E-state index in [1.54, 1.807) is 48.5 Å². The van der Waals surface area contributed by atoms with Crippen LogP contribution in [0.4, 0.5) is 0 Å². The third-order valence-corrected chi connectivity index (χ3v) is 11.4. The maximum Gasteiger partial charge on any atom is 0.264 e. The fraction of sp³-hybridized carbons (Fsp3) is 0.585. The van der Waals surface area contributed by atoms with Gasteiger partial charge in [0.25, 0.3) is 10.0 Å². The molecule has 2 aromatic rings. The van der Waals surface area contributed by atoms with Gasteiger partial charge in [0, 0.05) is 32.0 Å². The highest BCUT2D eigenvalue weighted by Crippen LogP contribution is 2.43. The number of nitrogens with two attached hydrogens (primary N) is 2. The molecule has 17 heteroatoms. The van der Waals surface area contributed by atoms with E-state index < -0.39 is 74.9 Å². The highest BCUT2D eigenvalue weighted by Gasteiger charge is 2.37. The summed E-state index contributed by atoms with van der Waals surface area (Å²) < 4.78 is 41.4. The Kier molecular flexibility index (Phi) is 16.3. The number of hydrogen-bond acceptors (Lipinski definition) is 10. The molecule has 9 N–H and O–H groups in total. The number of sulfonamides is 1. The van der Waals surface area contributed by atoms with Crippen molar-refractivity contribution < 1.29 is 37.1 Å². The molecule has 0 saturated carbocycles. The molecule has 0 unspecified atom stereocenters. The maximum absolute atomic E-state index is 13.7. The second-order valence-corrected chi connectivity index (χ2v) is 18.4. The number of nitrogens with zero attached hydrogens (tertiary/aromatic N) is 1. The van der Waals surface area contributed by atoms with Crippen LogP contribution in [-0.2, 0) is 46.8 Å². The lowest BCUT2D eigenvalue weighted by molar-refractivity contribution is -0.136. The number of amides is 4. The third kappa shape index (κ3) is 13.1. The fourth-order valence-electron chi connectivity index (χ4n) is 6.59. The number of ether oxygens (including phenoxy) is 2. The van der Waals surface area contributed by atoms with Gasteiger partial charge >= 0.3 is 0 Å². The molecule has 0 aliphatic carbocycles. The van der Waals surface area contributed by atoms with Crippen LogP contribution in [0.1, 0.15) is 89.1 Å². The predicted molar refractivity (Wildman–Crippen MR) is 224 cm³/mol. The summed E-state index contributed by atoms with van der Waals surface area (Å²) in [5.41, 5.74) is 14.7. The molecule has 0 bridgehead atoms. The van der Waals surface area contributed by atoms with Gasteiger partial charge in [0.2, 0.25) is 29.6 Å². The zero-order chi connectivity index (χ0) is 43.7. The Balaban J connectivity index is 1.63. The minimum atomic E-state index is -4.09. The molecule has 322 valence electrons. The first-order chi connectivity index (χ1) is 26.9. The Hall–Kier alpha value is -4.74. The van der Waals surface area contributed by atoms with Gasteiger partial charge in [-0.3, -0.25) is 24.2 Å². The van der Waals surface area contributed by atoms with Gasteiger partial charge in [0.1, 0.15) is 29.5 Å². The van der Waals surface area contributed by atoms with Crippen LogP contribution in [0.3, 0.4) is 0 Å². The molecule has 0 fully saturated rings. The van der Waals surface area contributed by atoms with E-state index in [1.807, 2.05) is 51.1 Å². The van der Waals surface area contributed by atoms with Crippen molar-refractivity contribution in [2.24, 2.45) is 22.4 Å². The summed E-state index contributed by atoms with van der Waals surface area (Å²) in [4.78, 5) is 57.6. The number of fused-ring (bicyclic) bond motifs is 1. The van der Waals surface area contributed by atoms with Crippen molar-refractivity contribution in [3.63, 3.8) is 0 Å². The Labute approximate surface area is 343 Å². The standard InChI is InChI=1S/C41H64N8O8S/c1-23(2)32(38(53)47-31(22-56-40(6,7)8)37(52)46-30(36(51)44-11)20-27-16-13-12-14-17-27)48-35(50)29(42)18-15-19-45-39(43)49-58(54,55)34-25(4)24(3)33-28(26(34)5)21-41(9,10)57-33/h12-14,16-17,23,29-32H,15,18-22,42H2,1-11H3,(H,44,51)(H,46,52)(H,47,53)(H,48,50)(H3,43,45,49)/t29-,30-,31-,32-/m0/s1. The van der Waals surface area contributed by atoms with Gasteiger partial charge in [0.05, 0.1) is 23.1 Å². The highest BCUT2D eigenvalue weighted by molar-refractivity contribution is 7.90. The lowest BCUT2D eigenvalue weighted by Gasteiger charge is -2.29. The van der Waals surface area contributed by atoms with E-state index in [9.17, 15) is 27.6 Å². The smallest absolute Gasteiger partial charge is 0.264 e. The Morgan fingerprint density at radius 1 is 0.914 bits per heavy atom. The van der Waals surface area contributed by atoms with Gasteiger partial charge in [-0.05, 0) is 96.4 Å². The van der Waals surface area contributed by atoms with Crippen LogP contribution in [0.25, 0.3) is 0 Å². The van der Waals surface area contributed by atoms with E-state index in [0.29, 0.717) is 23.3 Å². The van der Waals surface area contributed by atoms with E-state index in [2.05, 4.69) is 31.0 Å². The van der Waals surface area contributed by atoms with Crippen molar-refractivity contribution in [3.8, 4) is 5.75 Å². The average Bonchev–Trinajstić information content (AvgIpc) is 3.47. The molecule has 1 heterocycles. The monoisotopic (exact) mass is 828 g/mol. The molecule has 2 aromatic carbocycles. The summed E-state index contributed by atoms with van der Waals surface area (Å²) in [5, 5.41) is 10.7. The summed E-state index contributed by atoms with van der Waals surface area (Å²) in [6.45, 7) is 18.0. The molecule has 1 aliphatic heterocycles. The van der Waals surface area contributed by atoms with Gasteiger partial charge < -0.3 is 42.2 Å². The topological polar surface area (TPSA) is 245 Å². The first-order valence-corrected chi connectivity index (χ1v) is 21.1. The number of carbonyl (C=O) groups excluding carboxylic acids is 4. The fourth-order valence-corrected chi connectivity index (χ4v) is 8.11. The molecule has 3 rings (SSSR count). The molecule has 16 nitrogen and oxygen atoms in total. The van der Waals surface area contributed by atoms with Crippen LogP contribution < -0.4 is 42.2 Å². The Morgan fingerprint density at radius 3 is 2.12 bits per heavy atom. The van der Waals surface area contributed by atoms with E-state index in [-0.39, 0.29) is 43.3 Å². The first kappa shape index (κ1) is 47.6. The quantitative estimate of drug-likeness (QED) is 0.0654. The van der Waals surface area contributed by atoms with Crippen LogP contribution >= 0.6 is 0 Å². The van der Waals surface area contributed by atoms with Crippen molar-refractivity contribution in [3.05, 3.63) is 58.1 Å². The minimum absolute atomic E-state index is 0.0680. The van der Waals surface area contributed by atoms with Crippen molar-refractivity contribution >= 4 is 39.6 Å². The van der Waals surface area contributed by atoms with Crippen LogP contribution in [-0.4, -0.2) is 93.6 Å². The molecule has 58 heavy (non-hydrogen) atoms. The van der Waals surface area contributed by atoms with Gasteiger partial charge in [-0.25, -0.2) is 13.1 Å².